The molecule has 4 heteroatoms. The van der Waals surface area contributed by atoms with Gasteiger partial charge in [-0.3, -0.25) is 0 Å². The maximum atomic E-state index is 5.28. The van der Waals surface area contributed by atoms with Crippen molar-refractivity contribution in [2.45, 2.75) is 25.7 Å². The largest absolute Gasteiger partial charge is 0.354 e. The molecule has 0 aliphatic rings. The number of thiophene rings is 1. The number of nitrogens with one attached hydrogen (secondary N) is 1. The van der Waals surface area contributed by atoms with Crippen LogP contribution in [0.5, 0.6) is 0 Å². The Kier molecular flexibility index (Phi) is 5.86. The Bertz CT molecular complexity index is 247. The maximum absolute atomic E-state index is 5.28. The maximum Gasteiger partial charge on any atom is 0.172 e. The number of likely N-dealkylation sites (N-methyl/N-ethyl adjacent to an activating group) is 1. The second-order valence-corrected chi connectivity index (χ2v) is 4.32. The third kappa shape index (κ3) is 3.91. The van der Waals surface area contributed by atoms with E-state index in [0.29, 0.717) is 0 Å². The highest BCUT2D eigenvalue weighted by Crippen LogP contribution is 2.14. The molecule has 0 fully saturated rings. The van der Waals surface area contributed by atoms with Crippen molar-refractivity contribution in [3.63, 3.8) is 0 Å². The van der Waals surface area contributed by atoms with Crippen LogP contribution < -0.4 is 5.32 Å². The summed E-state index contributed by atoms with van der Waals surface area (Å²) in [5, 5.41) is 5.47. The number of hydrogen-bond donors (Lipinski definition) is 1. The molecular formula is C11H19NO2S. The first-order valence-corrected chi connectivity index (χ1v) is 6.01. The van der Waals surface area contributed by atoms with E-state index in [1.807, 2.05) is 0 Å². The number of rotatable bonds is 7. The Hall–Kier alpha value is -0.420. The summed E-state index contributed by atoms with van der Waals surface area (Å²) < 4.78 is 10.6. The minimum atomic E-state index is -0.188. The van der Waals surface area contributed by atoms with E-state index in [1.54, 1.807) is 25.6 Å². The molecule has 1 heterocycles. The number of methoxy groups -OCH3 is 2. The van der Waals surface area contributed by atoms with E-state index in [2.05, 4.69) is 29.8 Å². The zero-order valence-electron chi connectivity index (χ0n) is 9.53. The van der Waals surface area contributed by atoms with Crippen LogP contribution in [0.4, 0.5) is 0 Å². The molecule has 1 aromatic heterocycles. The molecule has 0 spiro atoms. The van der Waals surface area contributed by atoms with Gasteiger partial charge in [0.1, 0.15) is 0 Å². The molecule has 0 radical (unpaired) electrons. The van der Waals surface area contributed by atoms with Crippen molar-refractivity contribution in [2.75, 3.05) is 20.8 Å². The van der Waals surface area contributed by atoms with Crippen LogP contribution in [0.2, 0.25) is 0 Å². The lowest BCUT2D eigenvalue weighted by molar-refractivity contribution is -0.122. The zero-order chi connectivity index (χ0) is 11.1. The fourth-order valence-electron chi connectivity index (χ4n) is 1.60. The molecule has 0 bridgehead atoms. The highest BCUT2D eigenvalue weighted by molar-refractivity contribution is 7.09. The van der Waals surface area contributed by atoms with Crippen LogP contribution in [0, 0.1) is 0 Å². The van der Waals surface area contributed by atoms with Gasteiger partial charge in [-0.25, -0.2) is 0 Å². The molecule has 1 N–H and O–H groups in total. The van der Waals surface area contributed by atoms with Gasteiger partial charge in [-0.2, -0.15) is 0 Å². The van der Waals surface area contributed by atoms with Gasteiger partial charge in [0.05, 0.1) is 6.04 Å². The van der Waals surface area contributed by atoms with Gasteiger partial charge in [0.25, 0.3) is 0 Å². The molecule has 0 aromatic carbocycles. The van der Waals surface area contributed by atoms with E-state index < -0.39 is 0 Å². The fourth-order valence-corrected chi connectivity index (χ4v) is 2.36. The Morgan fingerprint density at radius 2 is 2.13 bits per heavy atom. The summed E-state index contributed by atoms with van der Waals surface area (Å²) >= 11 is 1.76. The van der Waals surface area contributed by atoms with Crippen LogP contribution in [-0.2, 0) is 15.9 Å². The molecule has 15 heavy (non-hydrogen) atoms. The lowest BCUT2D eigenvalue weighted by Crippen LogP contribution is -2.43. The van der Waals surface area contributed by atoms with Crippen molar-refractivity contribution in [1.82, 2.24) is 5.32 Å². The van der Waals surface area contributed by atoms with E-state index in [4.69, 9.17) is 9.47 Å². The van der Waals surface area contributed by atoms with Crippen molar-refractivity contribution in [2.24, 2.45) is 0 Å². The van der Waals surface area contributed by atoms with Gasteiger partial charge in [-0.1, -0.05) is 13.0 Å². The van der Waals surface area contributed by atoms with Crippen LogP contribution in [0.1, 0.15) is 11.8 Å². The highest BCUT2D eigenvalue weighted by Gasteiger charge is 2.20. The monoisotopic (exact) mass is 229 g/mol. The third-order valence-electron chi connectivity index (χ3n) is 2.26. The first kappa shape index (κ1) is 12.6. The molecule has 0 amide bonds. The molecule has 86 valence electrons. The van der Waals surface area contributed by atoms with Crippen LogP contribution in [-0.4, -0.2) is 33.1 Å². The molecule has 1 atom stereocenters. The van der Waals surface area contributed by atoms with Gasteiger partial charge in [0.2, 0.25) is 0 Å². The topological polar surface area (TPSA) is 30.5 Å². The molecule has 0 aliphatic heterocycles. The quantitative estimate of drug-likeness (QED) is 0.724. The molecule has 0 aliphatic carbocycles. The van der Waals surface area contributed by atoms with Crippen molar-refractivity contribution >= 4 is 11.3 Å². The van der Waals surface area contributed by atoms with Crippen molar-refractivity contribution in [1.29, 1.82) is 0 Å². The minimum Gasteiger partial charge on any atom is -0.354 e. The predicted molar refractivity (Wildman–Crippen MR) is 63.3 cm³/mol. The number of hydrogen-bond acceptors (Lipinski definition) is 4. The van der Waals surface area contributed by atoms with Gasteiger partial charge in [-0.05, 0) is 18.0 Å². The molecule has 1 aromatic rings. The average molecular weight is 229 g/mol. The minimum absolute atomic E-state index is 0.188. The second kappa shape index (κ2) is 6.95. The van der Waals surface area contributed by atoms with Crippen molar-refractivity contribution < 1.29 is 9.47 Å². The molecule has 0 saturated heterocycles. The highest BCUT2D eigenvalue weighted by atomic mass is 32.1. The van der Waals surface area contributed by atoms with Crippen molar-refractivity contribution in [3.05, 3.63) is 22.4 Å². The summed E-state index contributed by atoms with van der Waals surface area (Å²) in [6.45, 7) is 3.00. The van der Waals surface area contributed by atoms with E-state index >= 15 is 0 Å². The van der Waals surface area contributed by atoms with E-state index in [1.165, 1.54) is 4.88 Å². The van der Waals surface area contributed by atoms with Gasteiger partial charge >= 0.3 is 0 Å². The second-order valence-electron chi connectivity index (χ2n) is 3.29. The van der Waals surface area contributed by atoms with Gasteiger partial charge in [0.15, 0.2) is 6.29 Å². The molecule has 3 nitrogen and oxygen atoms in total. The van der Waals surface area contributed by atoms with Gasteiger partial charge < -0.3 is 14.8 Å². The molecule has 1 unspecified atom stereocenters. The van der Waals surface area contributed by atoms with E-state index in [-0.39, 0.29) is 12.3 Å². The van der Waals surface area contributed by atoms with Crippen LogP contribution in [0.3, 0.4) is 0 Å². The lowest BCUT2D eigenvalue weighted by atomic mass is 10.1. The van der Waals surface area contributed by atoms with Gasteiger partial charge in [0, 0.05) is 25.5 Å². The number of ether oxygens (including phenoxy) is 2. The smallest absolute Gasteiger partial charge is 0.172 e. The zero-order valence-corrected chi connectivity index (χ0v) is 10.3. The van der Waals surface area contributed by atoms with Gasteiger partial charge in [-0.15, -0.1) is 11.3 Å². The van der Waals surface area contributed by atoms with Crippen molar-refractivity contribution in [3.8, 4) is 0 Å². The summed E-state index contributed by atoms with van der Waals surface area (Å²) in [6, 6.07) is 4.42. The predicted octanol–water partition coefficient (Wildman–Crippen LogP) is 1.89. The Morgan fingerprint density at radius 1 is 1.40 bits per heavy atom. The normalized spacial score (nSPS) is 13.3. The Balaban J connectivity index is 2.56. The molecule has 0 saturated carbocycles. The average Bonchev–Trinajstić information content (AvgIpc) is 2.72. The standard InChI is InChI=1S/C11H19NO2S/c1-4-12-10(11(13-2)14-3)8-9-6-5-7-15-9/h5-7,10-12H,4,8H2,1-3H3. The van der Waals surface area contributed by atoms with E-state index in [0.717, 1.165) is 13.0 Å². The SMILES string of the molecule is CCNC(Cc1cccs1)C(OC)OC. The first-order chi connectivity index (χ1) is 7.31. The summed E-state index contributed by atoms with van der Waals surface area (Å²) in [7, 11) is 3.35. The lowest BCUT2D eigenvalue weighted by Gasteiger charge is -2.24. The fraction of sp³-hybridized carbons (Fsp3) is 0.636. The molecule has 1 rings (SSSR count). The summed E-state index contributed by atoms with van der Waals surface area (Å²) in [5.41, 5.74) is 0. The summed E-state index contributed by atoms with van der Waals surface area (Å²) in [6.07, 6.45) is 0.754. The van der Waals surface area contributed by atoms with Crippen LogP contribution in [0.25, 0.3) is 0 Å². The third-order valence-corrected chi connectivity index (χ3v) is 3.16. The summed E-state index contributed by atoms with van der Waals surface area (Å²) in [4.78, 5) is 1.35. The van der Waals surface area contributed by atoms with E-state index in [9.17, 15) is 0 Å². The van der Waals surface area contributed by atoms with Crippen LogP contribution in [0.15, 0.2) is 17.5 Å². The molecular weight excluding hydrogens is 210 g/mol. The van der Waals surface area contributed by atoms with Crippen LogP contribution >= 0.6 is 11.3 Å². The Morgan fingerprint density at radius 3 is 2.60 bits per heavy atom. The Labute approximate surface area is 95.4 Å². The summed E-state index contributed by atoms with van der Waals surface area (Å²) in [5.74, 6) is 0. The first-order valence-electron chi connectivity index (χ1n) is 5.13.